The molecule has 0 aromatic carbocycles. The molecule has 0 saturated heterocycles. The third-order valence-corrected chi connectivity index (χ3v) is 2.61. The SMILES string of the molecule is CCNc1ncccc1C(=O)N(C)CCN(C)C. The lowest BCUT2D eigenvalue weighted by atomic mass is 10.2. The van der Waals surface area contributed by atoms with E-state index in [9.17, 15) is 4.79 Å². The number of aromatic nitrogens is 1. The molecule has 0 fully saturated rings. The Morgan fingerprint density at radius 2 is 2.06 bits per heavy atom. The number of carbonyl (C=O) groups is 1. The molecule has 100 valence electrons. The van der Waals surface area contributed by atoms with Crippen molar-refractivity contribution in [3.8, 4) is 0 Å². The fourth-order valence-electron chi connectivity index (χ4n) is 1.54. The average Bonchev–Trinajstić information content (AvgIpc) is 2.36. The number of rotatable bonds is 6. The van der Waals surface area contributed by atoms with Gasteiger partial charge in [-0.1, -0.05) is 0 Å². The Morgan fingerprint density at radius 3 is 2.67 bits per heavy atom. The molecule has 18 heavy (non-hydrogen) atoms. The summed E-state index contributed by atoms with van der Waals surface area (Å²) in [4.78, 5) is 20.3. The Kier molecular flexibility index (Phi) is 5.58. The third kappa shape index (κ3) is 4.00. The highest BCUT2D eigenvalue weighted by Gasteiger charge is 2.15. The lowest BCUT2D eigenvalue weighted by molar-refractivity contribution is 0.0787. The highest BCUT2D eigenvalue weighted by atomic mass is 16.2. The van der Waals surface area contributed by atoms with Gasteiger partial charge in [0, 0.05) is 32.9 Å². The zero-order valence-electron chi connectivity index (χ0n) is 11.6. The first-order valence-corrected chi connectivity index (χ1v) is 6.15. The largest absolute Gasteiger partial charge is 0.370 e. The smallest absolute Gasteiger partial charge is 0.257 e. The first-order valence-electron chi connectivity index (χ1n) is 6.15. The Morgan fingerprint density at radius 1 is 1.33 bits per heavy atom. The van der Waals surface area contributed by atoms with Crippen LogP contribution in [0.1, 0.15) is 17.3 Å². The van der Waals surface area contributed by atoms with E-state index in [2.05, 4.69) is 15.2 Å². The van der Waals surface area contributed by atoms with E-state index in [0.29, 0.717) is 17.9 Å². The summed E-state index contributed by atoms with van der Waals surface area (Å²) in [5.41, 5.74) is 0.626. The number of pyridine rings is 1. The first-order chi connectivity index (χ1) is 8.56. The molecule has 0 aliphatic rings. The van der Waals surface area contributed by atoms with Crippen molar-refractivity contribution in [2.24, 2.45) is 0 Å². The molecule has 0 unspecified atom stereocenters. The molecular formula is C13H22N4O. The van der Waals surface area contributed by atoms with Crippen LogP contribution >= 0.6 is 0 Å². The summed E-state index contributed by atoms with van der Waals surface area (Å²) in [6, 6.07) is 3.59. The maximum Gasteiger partial charge on any atom is 0.257 e. The quantitative estimate of drug-likeness (QED) is 0.822. The van der Waals surface area contributed by atoms with Crippen LogP contribution in [0.15, 0.2) is 18.3 Å². The van der Waals surface area contributed by atoms with Crippen molar-refractivity contribution in [3.63, 3.8) is 0 Å². The number of hydrogen-bond acceptors (Lipinski definition) is 4. The summed E-state index contributed by atoms with van der Waals surface area (Å²) in [5, 5.41) is 3.11. The van der Waals surface area contributed by atoms with Gasteiger partial charge in [-0.15, -0.1) is 0 Å². The Bertz CT molecular complexity index is 392. The molecule has 0 radical (unpaired) electrons. The number of nitrogens with one attached hydrogen (secondary N) is 1. The summed E-state index contributed by atoms with van der Waals surface area (Å²) in [6.07, 6.45) is 1.69. The molecular weight excluding hydrogens is 228 g/mol. The standard InChI is InChI=1S/C13H22N4O/c1-5-14-12-11(7-6-8-15-12)13(18)17(4)10-9-16(2)3/h6-8H,5,9-10H2,1-4H3,(H,14,15). The fourth-order valence-corrected chi connectivity index (χ4v) is 1.54. The van der Waals surface area contributed by atoms with E-state index in [-0.39, 0.29) is 5.91 Å². The molecule has 1 amide bonds. The number of amides is 1. The Balaban J connectivity index is 2.76. The van der Waals surface area contributed by atoms with Gasteiger partial charge in [-0.05, 0) is 33.2 Å². The first kappa shape index (κ1) is 14.4. The van der Waals surface area contributed by atoms with Crippen LogP contribution in [0, 0.1) is 0 Å². The lowest BCUT2D eigenvalue weighted by Crippen LogP contribution is -2.34. The van der Waals surface area contributed by atoms with Crippen LogP contribution < -0.4 is 5.32 Å². The minimum atomic E-state index is 0.000833. The minimum Gasteiger partial charge on any atom is -0.370 e. The normalized spacial score (nSPS) is 10.5. The summed E-state index contributed by atoms with van der Waals surface area (Å²) in [6.45, 7) is 4.28. The molecule has 1 N–H and O–H groups in total. The average molecular weight is 250 g/mol. The molecule has 0 bridgehead atoms. The molecule has 0 spiro atoms. The predicted octanol–water partition coefficient (Wildman–Crippen LogP) is 1.15. The number of likely N-dealkylation sites (N-methyl/N-ethyl adjacent to an activating group) is 2. The third-order valence-electron chi connectivity index (χ3n) is 2.61. The maximum atomic E-state index is 12.3. The zero-order valence-corrected chi connectivity index (χ0v) is 11.6. The monoisotopic (exact) mass is 250 g/mol. The Labute approximate surface area is 109 Å². The minimum absolute atomic E-state index is 0.000833. The highest BCUT2D eigenvalue weighted by molar-refractivity contribution is 5.98. The summed E-state index contributed by atoms with van der Waals surface area (Å²) < 4.78 is 0. The molecule has 0 saturated carbocycles. The summed E-state index contributed by atoms with van der Waals surface area (Å²) in [7, 11) is 5.80. The second-order valence-corrected chi connectivity index (χ2v) is 4.46. The van der Waals surface area contributed by atoms with E-state index in [1.54, 1.807) is 23.2 Å². The van der Waals surface area contributed by atoms with E-state index in [1.165, 1.54) is 0 Å². The summed E-state index contributed by atoms with van der Waals surface area (Å²) in [5.74, 6) is 0.655. The molecule has 5 heteroatoms. The molecule has 1 aromatic heterocycles. The second kappa shape index (κ2) is 6.96. The van der Waals surface area contributed by atoms with E-state index < -0.39 is 0 Å². The number of nitrogens with zero attached hydrogens (tertiary/aromatic N) is 3. The van der Waals surface area contributed by atoms with Gasteiger partial charge in [0.1, 0.15) is 5.82 Å². The van der Waals surface area contributed by atoms with Crippen LogP contribution in [-0.2, 0) is 0 Å². The summed E-state index contributed by atoms with van der Waals surface area (Å²) >= 11 is 0. The molecule has 1 rings (SSSR count). The van der Waals surface area contributed by atoms with Gasteiger partial charge in [0.05, 0.1) is 5.56 Å². The molecule has 5 nitrogen and oxygen atoms in total. The van der Waals surface area contributed by atoms with Crippen LogP contribution in [0.25, 0.3) is 0 Å². The molecule has 0 atom stereocenters. The van der Waals surface area contributed by atoms with Crippen molar-refractivity contribution in [3.05, 3.63) is 23.9 Å². The van der Waals surface area contributed by atoms with Crippen molar-refractivity contribution in [2.45, 2.75) is 6.92 Å². The topological polar surface area (TPSA) is 48.5 Å². The maximum absolute atomic E-state index is 12.3. The van der Waals surface area contributed by atoms with Gasteiger partial charge in [-0.25, -0.2) is 4.98 Å². The van der Waals surface area contributed by atoms with Crippen LogP contribution in [0.4, 0.5) is 5.82 Å². The van der Waals surface area contributed by atoms with Gasteiger partial charge in [0.15, 0.2) is 0 Å². The van der Waals surface area contributed by atoms with Gasteiger partial charge < -0.3 is 15.1 Å². The molecule has 0 aliphatic heterocycles. The second-order valence-electron chi connectivity index (χ2n) is 4.46. The van der Waals surface area contributed by atoms with Crippen LogP contribution in [0.2, 0.25) is 0 Å². The lowest BCUT2D eigenvalue weighted by Gasteiger charge is -2.20. The van der Waals surface area contributed by atoms with Crippen LogP contribution in [-0.4, -0.2) is 61.5 Å². The van der Waals surface area contributed by atoms with Crippen molar-refractivity contribution >= 4 is 11.7 Å². The van der Waals surface area contributed by atoms with Crippen molar-refractivity contribution in [1.29, 1.82) is 0 Å². The van der Waals surface area contributed by atoms with Crippen molar-refractivity contribution in [1.82, 2.24) is 14.8 Å². The Hall–Kier alpha value is -1.62. The van der Waals surface area contributed by atoms with E-state index in [1.807, 2.05) is 28.1 Å². The molecule has 1 aromatic rings. The number of carbonyl (C=O) groups excluding carboxylic acids is 1. The van der Waals surface area contributed by atoms with Crippen LogP contribution in [0.3, 0.4) is 0 Å². The molecule has 0 aliphatic carbocycles. The van der Waals surface area contributed by atoms with E-state index >= 15 is 0 Å². The van der Waals surface area contributed by atoms with Gasteiger partial charge in [-0.3, -0.25) is 4.79 Å². The highest BCUT2D eigenvalue weighted by Crippen LogP contribution is 2.13. The fraction of sp³-hybridized carbons (Fsp3) is 0.538. The zero-order chi connectivity index (χ0) is 13.5. The van der Waals surface area contributed by atoms with Crippen molar-refractivity contribution in [2.75, 3.05) is 46.1 Å². The van der Waals surface area contributed by atoms with E-state index in [0.717, 1.165) is 13.1 Å². The molecule has 1 heterocycles. The van der Waals surface area contributed by atoms with Gasteiger partial charge in [0.2, 0.25) is 0 Å². The van der Waals surface area contributed by atoms with Crippen LogP contribution in [0.5, 0.6) is 0 Å². The predicted molar refractivity (Wildman–Crippen MR) is 73.9 cm³/mol. The number of anilines is 1. The van der Waals surface area contributed by atoms with Gasteiger partial charge in [-0.2, -0.15) is 0 Å². The van der Waals surface area contributed by atoms with Crippen molar-refractivity contribution < 1.29 is 4.79 Å². The van der Waals surface area contributed by atoms with Gasteiger partial charge >= 0.3 is 0 Å². The van der Waals surface area contributed by atoms with E-state index in [4.69, 9.17) is 0 Å². The van der Waals surface area contributed by atoms with Gasteiger partial charge in [0.25, 0.3) is 5.91 Å². The number of hydrogen-bond donors (Lipinski definition) is 1.